The van der Waals surface area contributed by atoms with Crippen LogP contribution < -0.4 is 10.6 Å². The summed E-state index contributed by atoms with van der Waals surface area (Å²) in [5.74, 6) is -0.368. The first-order valence-electron chi connectivity index (χ1n) is 7.45. The highest BCUT2D eigenvalue weighted by molar-refractivity contribution is 5.97. The molecule has 0 radical (unpaired) electrons. The molecule has 0 spiro atoms. The Bertz CT molecular complexity index is 688. The van der Waals surface area contributed by atoms with Crippen LogP contribution in [0.2, 0.25) is 0 Å². The van der Waals surface area contributed by atoms with Crippen LogP contribution in [0.3, 0.4) is 0 Å². The Labute approximate surface area is 129 Å². The third-order valence-corrected chi connectivity index (χ3v) is 3.71. The number of rotatable bonds is 5. The topological polar surface area (TPSA) is 63.1 Å². The Morgan fingerprint density at radius 1 is 1.23 bits per heavy atom. The highest BCUT2D eigenvalue weighted by atomic mass is 16.2. The number of benzene rings is 1. The van der Waals surface area contributed by atoms with Gasteiger partial charge in [-0.25, -0.2) is 0 Å². The van der Waals surface area contributed by atoms with Crippen molar-refractivity contribution in [2.24, 2.45) is 0 Å². The average molecular weight is 297 g/mol. The molecule has 114 valence electrons. The largest absolute Gasteiger partial charge is 0.352 e. The van der Waals surface area contributed by atoms with Gasteiger partial charge in [-0.2, -0.15) is 0 Å². The third-order valence-electron chi connectivity index (χ3n) is 3.71. The molecule has 0 unspecified atom stereocenters. The van der Waals surface area contributed by atoms with Crippen molar-refractivity contribution in [2.45, 2.75) is 25.8 Å². The molecule has 1 saturated carbocycles. The van der Waals surface area contributed by atoms with E-state index in [4.69, 9.17) is 0 Å². The molecule has 0 atom stereocenters. The maximum atomic E-state index is 12.2. The molecule has 1 aliphatic rings. The van der Waals surface area contributed by atoms with Crippen LogP contribution in [0.5, 0.6) is 0 Å². The molecule has 22 heavy (non-hydrogen) atoms. The number of nitrogens with zero attached hydrogens (tertiary/aromatic N) is 1. The van der Waals surface area contributed by atoms with Crippen molar-refractivity contribution < 1.29 is 9.59 Å². The maximum absolute atomic E-state index is 12.2. The van der Waals surface area contributed by atoms with Crippen molar-refractivity contribution in [3.8, 4) is 5.69 Å². The van der Waals surface area contributed by atoms with Crippen LogP contribution in [0.4, 0.5) is 0 Å². The van der Waals surface area contributed by atoms with Crippen LogP contribution in [0.25, 0.3) is 5.69 Å². The molecule has 1 heterocycles. The van der Waals surface area contributed by atoms with Crippen LogP contribution in [0.15, 0.2) is 42.7 Å². The van der Waals surface area contributed by atoms with Crippen molar-refractivity contribution >= 4 is 11.8 Å². The monoisotopic (exact) mass is 297 g/mol. The number of amides is 2. The molecular formula is C17H19N3O2. The second-order valence-corrected chi connectivity index (χ2v) is 5.62. The van der Waals surface area contributed by atoms with E-state index in [-0.39, 0.29) is 18.4 Å². The molecule has 2 N–H and O–H groups in total. The summed E-state index contributed by atoms with van der Waals surface area (Å²) in [7, 11) is 0. The number of aromatic nitrogens is 1. The summed E-state index contributed by atoms with van der Waals surface area (Å²) >= 11 is 0. The van der Waals surface area contributed by atoms with Gasteiger partial charge < -0.3 is 15.2 Å². The van der Waals surface area contributed by atoms with Crippen LogP contribution in [-0.4, -0.2) is 29.0 Å². The normalized spacial score (nSPS) is 13.7. The summed E-state index contributed by atoms with van der Waals surface area (Å²) in [5, 5.41) is 5.51. The van der Waals surface area contributed by atoms with Gasteiger partial charge in [0.1, 0.15) is 0 Å². The second-order valence-electron chi connectivity index (χ2n) is 5.62. The minimum absolute atomic E-state index is 0.0159. The van der Waals surface area contributed by atoms with Crippen LogP contribution in [0.1, 0.15) is 28.8 Å². The smallest absolute Gasteiger partial charge is 0.251 e. The van der Waals surface area contributed by atoms with Gasteiger partial charge in [-0.1, -0.05) is 6.07 Å². The quantitative estimate of drug-likeness (QED) is 0.884. The third kappa shape index (κ3) is 3.36. The molecule has 1 aliphatic carbocycles. The van der Waals surface area contributed by atoms with Gasteiger partial charge in [0.05, 0.1) is 6.54 Å². The van der Waals surface area contributed by atoms with Gasteiger partial charge in [0, 0.05) is 29.7 Å². The number of hydrogen-bond acceptors (Lipinski definition) is 2. The second kappa shape index (κ2) is 6.05. The van der Waals surface area contributed by atoms with E-state index in [0.717, 1.165) is 24.1 Å². The van der Waals surface area contributed by atoms with E-state index in [2.05, 4.69) is 10.6 Å². The minimum Gasteiger partial charge on any atom is -0.352 e. The lowest BCUT2D eigenvalue weighted by molar-refractivity contribution is -0.120. The van der Waals surface area contributed by atoms with Gasteiger partial charge in [-0.3, -0.25) is 9.59 Å². The maximum Gasteiger partial charge on any atom is 0.251 e. The van der Waals surface area contributed by atoms with Gasteiger partial charge in [0.15, 0.2) is 0 Å². The average Bonchev–Trinajstić information content (AvgIpc) is 3.15. The molecule has 3 rings (SSSR count). The number of carbonyl (C=O) groups is 2. The Morgan fingerprint density at radius 3 is 2.64 bits per heavy atom. The van der Waals surface area contributed by atoms with E-state index >= 15 is 0 Å². The molecule has 5 nitrogen and oxygen atoms in total. The lowest BCUT2D eigenvalue weighted by Crippen LogP contribution is -2.37. The molecule has 2 amide bonds. The zero-order chi connectivity index (χ0) is 15.5. The van der Waals surface area contributed by atoms with E-state index in [1.54, 1.807) is 6.07 Å². The zero-order valence-corrected chi connectivity index (χ0v) is 12.5. The van der Waals surface area contributed by atoms with Gasteiger partial charge in [-0.15, -0.1) is 0 Å². The first-order valence-corrected chi connectivity index (χ1v) is 7.45. The van der Waals surface area contributed by atoms with Gasteiger partial charge >= 0.3 is 0 Å². The van der Waals surface area contributed by atoms with Crippen LogP contribution in [-0.2, 0) is 4.79 Å². The van der Waals surface area contributed by atoms with E-state index in [9.17, 15) is 9.59 Å². The van der Waals surface area contributed by atoms with Crippen molar-refractivity contribution in [2.75, 3.05) is 6.54 Å². The van der Waals surface area contributed by atoms with Gasteiger partial charge in [-0.05, 0) is 49.6 Å². The van der Waals surface area contributed by atoms with E-state index in [0.29, 0.717) is 11.6 Å². The summed E-state index contributed by atoms with van der Waals surface area (Å²) in [6, 6.07) is 9.71. The van der Waals surface area contributed by atoms with E-state index < -0.39 is 0 Å². The first kappa shape index (κ1) is 14.4. The predicted octanol–water partition coefficient (Wildman–Crippen LogP) is 1.79. The van der Waals surface area contributed by atoms with Crippen LogP contribution >= 0.6 is 0 Å². The Hall–Kier alpha value is -2.56. The molecule has 1 aromatic heterocycles. The SMILES string of the molecule is Cc1ccc(C(=O)NCC(=O)NC2CC2)cc1-n1cccc1. The molecule has 1 aromatic carbocycles. The number of aryl methyl sites for hydroxylation is 1. The fourth-order valence-corrected chi connectivity index (χ4v) is 2.29. The van der Waals surface area contributed by atoms with Crippen molar-refractivity contribution in [1.82, 2.24) is 15.2 Å². The van der Waals surface area contributed by atoms with E-state index in [1.165, 1.54) is 0 Å². The Balaban J connectivity index is 1.67. The summed E-state index contributed by atoms with van der Waals surface area (Å²) in [4.78, 5) is 23.8. The van der Waals surface area contributed by atoms with E-state index in [1.807, 2.05) is 48.1 Å². The Morgan fingerprint density at radius 2 is 1.95 bits per heavy atom. The molecule has 2 aromatic rings. The van der Waals surface area contributed by atoms with Crippen molar-refractivity contribution in [3.63, 3.8) is 0 Å². The fourth-order valence-electron chi connectivity index (χ4n) is 2.29. The van der Waals surface area contributed by atoms with Gasteiger partial charge in [0.25, 0.3) is 5.91 Å². The molecule has 1 fully saturated rings. The highest BCUT2D eigenvalue weighted by Crippen LogP contribution is 2.18. The minimum atomic E-state index is -0.237. The summed E-state index contributed by atoms with van der Waals surface area (Å²) < 4.78 is 1.96. The molecular weight excluding hydrogens is 278 g/mol. The predicted molar refractivity (Wildman–Crippen MR) is 84.0 cm³/mol. The molecule has 0 bridgehead atoms. The summed E-state index contributed by atoms with van der Waals surface area (Å²) in [5.41, 5.74) is 2.59. The van der Waals surface area contributed by atoms with Gasteiger partial charge in [0.2, 0.25) is 5.91 Å². The Kier molecular flexibility index (Phi) is 3.96. The number of nitrogens with one attached hydrogen (secondary N) is 2. The highest BCUT2D eigenvalue weighted by Gasteiger charge is 2.23. The summed E-state index contributed by atoms with van der Waals surface area (Å²) in [6.07, 6.45) is 5.95. The number of carbonyl (C=O) groups excluding carboxylic acids is 2. The summed E-state index contributed by atoms with van der Waals surface area (Å²) in [6.45, 7) is 2.02. The number of hydrogen-bond donors (Lipinski definition) is 2. The van der Waals surface area contributed by atoms with Crippen molar-refractivity contribution in [3.05, 3.63) is 53.9 Å². The lowest BCUT2D eigenvalue weighted by atomic mass is 10.1. The lowest BCUT2D eigenvalue weighted by Gasteiger charge is -2.10. The molecule has 5 heteroatoms. The fraction of sp³-hybridized carbons (Fsp3) is 0.294. The van der Waals surface area contributed by atoms with Crippen LogP contribution in [0, 0.1) is 6.92 Å². The standard InChI is InChI=1S/C17H19N3O2/c1-12-4-5-13(10-15(12)20-8-2-3-9-20)17(22)18-11-16(21)19-14-6-7-14/h2-5,8-10,14H,6-7,11H2,1H3,(H,18,22)(H,19,21). The molecule has 0 aliphatic heterocycles. The molecule has 0 saturated heterocycles. The zero-order valence-electron chi connectivity index (χ0n) is 12.5. The van der Waals surface area contributed by atoms with Crippen molar-refractivity contribution in [1.29, 1.82) is 0 Å². The first-order chi connectivity index (χ1) is 10.6.